The number of carbonyl (C=O) groups is 1. The number of hydrogen-bond acceptors (Lipinski definition) is 5. The second-order valence-corrected chi connectivity index (χ2v) is 6.44. The fraction of sp³-hybridized carbons (Fsp3) is 0.533. The summed E-state index contributed by atoms with van der Waals surface area (Å²) >= 11 is 1.35. The van der Waals surface area contributed by atoms with Crippen LogP contribution in [0.25, 0.3) is 10.3 Å². The largest absolute Gasteiger partial charge is 0.396 e. The number of nitrogen functional groups attached to an aromatic ring is 1. The quantitative estimate of drug-likeness (QED) is 0.946. The Labute approximate surface area is 128 Å². The maximum Gasteiger partial charge on any atom is 0.266 e. The molecule has 3 rings (SSSR count). The zero-order valence-corrected chi connectivity index (χ0v) is 13.0. The number of fused-ring (bicyclic) bond motifs is 1. The summed E-state index contributed by atoms with van der Waals surface area (Å²) in [4.78, 5) is 24.6. The Kier molecular flexibility index (Phi) is 4.05. The fourth-order valence-electron chi connectivity index (χ4n) is 3.09. The Morgan fingerprint density at radius 1 is 1.33 bits per heavy atom. The van der Waals surface area contributed by atoms with E-state index < -0.39 is 0 Å². The first kappa shape index (κ1) is 14.3. The summed E-state index contributed by atoms with van der Waals surface area (Å²) in [5.41, 5.74) is 7.24. The molecule has 0 spiro atoms. The van der Waals surface area contributed by atoms with Gasteiger partial charge in [-0.3, -0.25) is 4.79 Å². The van der Waals surface area contributed by atoms with Gasteiger partial charge in [0.15, 0.2) is 0 Å². The Morgan fingerprint density at radius 2 is 2.05 bits per heavy atom. The van der Waals surface area contributed by atoms with Gasteiger partial charge < -0.3 is 10.6 Å². The Bertz CT molecular complexity index is 648. The fourth-order valence-corrected chi connectivity index (χ4v) is 4.07. The highest BCUT2D eigenvalue weighted by Crippen LogP contribution is 2.33. The highest BCUT2D eigenvalue weighted by Gasteiger charge is 2.28. The molecule has 1 aliphatic rings. The van der Waals surface area contributed by atoms with Crippen LogP contribution in [0.5, 0.6) is 0 Å². The van der Waals surface area contributed by atoms with E-state index in [1.807, 2.05) is 11.8 Å². The van der Waals surface area contributed by atoms with Crippen molar-refractivity contribution in [3.8, 4) is 0 Å². The zero-order chi connectivity index (χ0) is 14.8. The van der Waals surface area contributed by atoms with E-state index in [1.54, 1.807) is 12.4 Å². The third-order valence-corrected chi connectivity index (χ3v) is 5.27. The van der Waals surface area contributed by atoms with Crippen LogP contribution in [0.1, 0.15) is 48.7 Å². The average Bonchev–Trinajstić information content (AvgIpc) is 2.87. The van der Waals surface area contributed by atoms with Crippen molar-refractivity contribution < 1.29 is 4.79 Å². The molecule has 0 aromatic carbocycles. The average molecular weight is 304 g/mol. The summed E-state index contributed by atoms with van der Waals surface area (Å²) in [6.45, 7) is 2.75. The van der Waals surface area contributed by atoms with Crippen molar-refractivity contribution in [1.82, 2.24) is 14.9 Å². The van der Waals surface area contributed by atoms with Crippen molar-refractivity contribution in [2.45, 2.75) is 45.1 Å². The zero-order valence-electron chi connectivity index (χ0n) is 12.2. The molecule has 1 aliphatic carbocycles. The van der Waals surface area contributed by atoms with Crippen molar-refractivity contribution in [1.29, 1.82) is 0 Å². The molecule has 1 saturated carbocycles. The molecule has 0 aliphatic heterocycles. The van der Waals surface area contributed by atoms with Gasteiger partial charge in [0.25, 0.3) is 5.91 Å². The van der Waals surface area contributed by atoms with Crippen LogP contribution in [0.15, 0.2) is 12.4 Å². The molecule has 1 fully saturated rings. The number of nitrogens with two attached hydrogens (primary N) is 1. The highest BCUT2D eigenvalue weighted by atomic mass is 32.1. The standard InChI is InChI=1S/C15H20N4OS/c1-2-19(10-6-4-3-5-7-10)15(20)13-11(16)12-14(21-13)18-9-8-17-12/h8-10H,2-7,16H2,1H3. The van der Waals surface area contributed by atoms with Gasteiger partial charge in [-0.15, -0.1) is 11.3 Å². The summed E-state index contributed by atoms with van der Waals surface area (Å²) < 4.78 is 0. The van der Waals surface area contributed by atoms with Crippen LogP contribution in [0.2, 0.25) is 0 Å². The predicted molar refractivity (Wildman–Crippen MR) is 85.4 cm³/mol. The number of nitrogens with zero attached hydrogens (tertiary/aromatic N) is 3. The van der Waals surface area contributed by atoms with Gasteiger partial charge in [-0.25, -0.2) is 9.97 Å². The molecule has 1 amide bonds. The van der Waals surface area contributed by atoms with Crippen molar-refractivity contribution in [2.75, 3.05) is 12.3 Å². The van der Waals surface area contributed by atoms with Gasteiger partial charge >= 0.3 is 0 Å². The number of rotatable bonds is 3. The van der Waals surface area contributed by atoms with Gasteiger partial charge in [0, 0.05) is 25.0 Å². The lowest BCUT2D eigenvalue weighted by atomic mass is 9.94. The van der Waals surface area contributed by atoms with Gasteiger partial charge in [-0.1, -0.05) is 19.3 Å². The molecule has 2 aromatic rings. The van der Waals surface area contributed by atoms with E-state index >= 15 is 0 Å². The number of anilines is 1. The normalized spacial score (nSPS) is 16.2. The van der Waals surface area contributed by atoms with E-state index in [0.717, 1.165) is 24.2 Å². The topological polar surface area (TPSA) is 72.1 Å². The second kappa shape index (κ2) is 5.97. The number of hydrogen-bond donors (Lipinski definition) is 1. The van der Waals surface area contributed by atoms with E-state index in [1.165, 1.54) is 30.6 Å². The van der Waals surface area contributed by atoms with E-state index in [9.17, 15) is 4.79 Å². The van der Waals surface area contributed by atoms with Crippen LogP contribution in [-0.2, 0) is 0 Å². The smallest absolute Gasteiger partial charge is 0.266 e. The molecule has 2 heterocycles. The molecule has 6 heteroatoms. The summed E-state index contributed by atoms with van der Waals surface area (Å²) in [6.07, 6.45) is 9.13. The van der Waals surface area contributed by atoms with Crippen LogP contribution >= 0.6 is 11.3 Å². The molecule has 112 valence electrons. The number of aromatic nitrogens is 2. The molecule has 21 heavy (non-hydrogen) atoms. The number of thiophene rings is 1. The van der Waals surface area contributed by atoms with E-state index in [-0.39, 0.29) is 5.91 Å². The molecular formula is C15H20N4OS. The van der Waals surface area contributed by atoms with Crippen LogP contribution < -0.4 is 5.73 Å². The summed E-state index contributed by atoms with van der Waals surface area (Å²) in [5, 5.41) is 0. The third-order valence-electron chi connectivity index (χ3n) is 4.17. The highest BCUT2D eigenvalue weighted by molar-refractivity contribution is 7.21. The minimum Gasteiger partial charge on any atom is -0.396 e. The van der Waals surface area contributed by atoms with Crippen molar-refractivity contribution in [3.05, 3.63) is 17.3 Å². The minimum atomic E-state index is 0.0340. The van der Waals surface area contributed by atoms with E-state index in [4.69, 9.17) is 5.73 Å². The van der Waals surface area contributed by atoms with Crippen LogP contribution in [-0.4, -0.2) is 33.4 Å². The third kappa shape index (κ3) is 2.60. The first-order chi connectivity index (χ1) is 10.2. The molecule has 0 bridgehead atoms. The van der Waals surface area contributed by atoms with Gasteiger partial charge in [0.2, 0.25) is 0 Å². The van der Waals surface area contributed by atoms with Crippen LogP contribution in [0.3, 0.4) is 0 Å². The molecule has 0 radical (unpaired) electrons. The predicted octanol–water partition coefficient (Wildman–Crippen LogP) is 3.07. The van der Waals surface area contributed by atoms with Crippen molar-refractivity contribution >= 4 is 33.3 Å². The lowest BCUT2D eigenvalue weighted by Gasteiger charge is -2.33. The summed E-state index contributed by atoms with van der Waals surface area (Å²) in [6, 6.07) is 0.349. The van der Waals surface area contributed by atoms with Crippen molar-refractivity contribution in [2.24, 2.45) is 0 Å². The van der Waals surface area contributed by atoms with Gasteiger partial charge in [-0.2, -0.15) is 0 Å². The Hall–Kier alpha value is -1.69. The maximum absolute atomic E-state index is 12.9. The first-order valence-electron chi connectivity index (χ1n) is 7.52. The molecule has 0 unspecified atom stereocenters. The van der Waals surface area contributed by atoms with Gasteiger partial charge in [-0.05, 0) is 19.8 Å². The SMILES string of the molecule is CCN(C(=O)c1sc2nccnc2c1N)C1CCCCC1. The van der Waals surface area contributed by atoms with Crippen LogP contribution in [0, 0.1) is 0 Å². The minimum absolute atomic E-state index is 0.0340. The summed E-state index contributed by atoms with van der Waals surface area (Å²) in [5.74, 6) is 0.0340. The number of carbonyl (C=O) groups excluding carboxylic acids is 1. The molecule has 2 aromatic heterocycles. The lowest BCUT2D eigenvalue weighted by molar-refractivity contribution is 0.0654. The van der Waals surface area contributed by atoms with E-state index in [0.29, 0.717) is 22.1 Å². The molecule has 5 nitrogen and oxygen atoms in total. The molecule has 2 N–H and O–H groups in total. The first-order valence-corrected chi connectivity index (χ1v) is 8.34. The Balaban J connectivity index is 1.92. The maximum atomic E-state index is 12.9. The Morgan fingerprint density at radius 3 is 2.71 bits per heavy atom. The van der Waals surface area contributed by atoms with Gasteiger partial charge in [0.05, 0.1) is 5.69 Å². The van der Waals surface area contributed by atoms with E-state index in [2.05, 4.69) is 9.97 Å². The molecular weight excluding hydrogens is 284 g/mol. The monoisotopic (exact) mass is 304 g/mol. The molecule has 0 saturated heterocycles. The van der Waals surface area contributed by atoms with Crippen molar-refractivity contribution in [3.63, 3.8) is 0 Å². The summed E-state index contributed by atoms with van der Waals surface area (Å²) in [7, 11) is 0. The number of amides is 1. The lowest BCUT2D eigenvalue weighted by Crippen LogP contribution is -2.41. The van der Waals surface area contributed by atoms with Gasteiger partial charge in [0.1, 0.15) is 15.2 Å². The second-order valence-electron chi connectivity index (χ2n) is 5.44. The molecule has 0 atom stereocenters. The van der Waals surface area contributed by atoms with Crippen LogP contribution in [0.4, 0.5) is 5.69 Å².